The lowest BCUT2D eigenvalue weighted by Gasteiger charge is -2.21. The van der Waals surface area contributed by atoms with Crippen LogP contribution >= 0.6 is 0 Å². The second kappa shape index (κ2) is 5.44. The Kier molecular flexibility index (Phi) is 4.22. The van der Waals surface area contributed by atoms with Crippen LogP contribution < -0.4 is 11.5 Å². The number of nitrogens with zero attached hydrogens (tertiary/aromatic N) is 2. The highest BCUT2D eigenvalue weighted by Crippen LogP contribution is 2.15. The van der Waals surface area contributed by atoms with Gasteiger partial charge >= 0.3 is 0 Å². The Bertz CT molecular complexity index is 325. The molecule has 1 fully saturated rings. The maximum absolute atomic E-state index is 11.7. The van der Waals surface area contributed by atoms with Gasteiger partial charge in [0.15, 0.2) is 0 Å². The van der Waals surface area contributed by atoms with Gasteiger partial charge in [-0.1, -0.05) is 0 Å². The van der Waals surface area contributed by atoms with Gasteiger partial charge in [-0.05, 0) is 6.42 Å². The summed E-state index contributed by atoms with van der Waals surface area (Å²) in [5, 5.41) is 9.74. The SMILES string of the molecule is N#CC1CCON1C(=O)[C@@H](N)CCC(N)=O. The Hall–Kier alpha value is -1.65. The van der Waals surface area contributed by atoms with Gasteiger partial charge in [0.05, 0.1) is 18.7 Å². The fraction of sp³-hybridized carbons (Fsp3) is 0.667. The van der Waals surface area contributed by atoms with Gasteiger partial charge in [0.25, 0.3) is 5.91 Å². The molecule has 88 valence electrons. The third-order valence-electron chi connectivity index (χ3n) is 2.29. The zero-order chi connectivity index (χ0) is 12.1. The van der Waals surface area contributed by atoms with E-state index in [4.69, 9.17) is 21.6 Å². The number of amides is 2. The van der Waals surface area contributed by atoms with Crippen LogP contribution in [0.4, 0.5) is 0 Å². The second-order valence-corrected chi connectivity index (χ2v) is 3.54. The van der Waals surface area contributed by atoms with Crippen LogP contribution in [0, 0.1) is 11.3 Å². The number of rotatable bonds is 4. The summed E-state index contributed by atoms with van der Waals surface area (Å²) in [4.78, 5) is 27.2. The number of carbonyl (C=O) groups excluding carboxylic acids is 2. The molecule has 0 bridgehead atoms. The number of hydroxylamine groups is 2. The quantitative estimate of drug-likeness (QED) is 0.612. The predicted octanol–water partition coefficient (Wildman–Crippen LogP) is -1.36. The number of carbonyl (C=O) groups is 2. The molecule has 0 aliphatic carbocycles. The lowest BCUT2D eigenvalue weighted by Crippen LogP contribution is -2.45. The summed E-state index contributed by atoms with van der Waals surface area (Å²) >= 11 is 0. The molecule has 0 spiro atoms. The van der Waals surface area contributed by atoms with Crippen LogP contribution in [0.15, 0.2) is 0 Å². The first-order valence-electron chi connectivity index (χ1n) is 4.95. The molecule has 0 radical (unpaired) electrons. The van der Waals surface area contributed by atoms with Crippen LogP contribution in [0.25, 0.3) is 0 Å². The first kappa shape index (κ1) is 12.4. The minimum atomic E-state index is -0.860. The van der Waals surface area contributed by atoms with Gasteiger partial charge in [-0.25, -0.2) is 5.06 Å². The highest BCUT2D eigenvalue weighted by atomic mass is 16.7. The van der Waals surface area contributed by atoms with E-state index in [1.807, 2.05) is 6.07 Å². The maximum atomic E-state index is 11.7. The summed E-state index contributed by atoms with van der Waals surface area (Å²) in [6.07, 6.45) is 0.676. The van der Waals surface area contributed by atoms with Crippen LogP contribution in [-0.4, -0.2) is 35.6 Å². The molecule has 1 saturated heterocycles. The predicted molar refractivity (Wildman–Crippen MR) is 53.2 cm³/mol. The average molecular weight is 226 g/mol. The Labute approximate surface area is 92.9 Å². The van der Waals surface area contributed by atoms with Crippen LogP contribution in [0.1, 0.15) is 19.3 Å². The summed E-state index contributed by atoms with van der Waals surface area (Å²) in [6, 6.07) is 0.497. The zero-order valence-corrected chi connectivity index (χ0v) is 8.76. The highest BCUT2D eigenvalue weighted by Gasteiger charge is 2.33. The second-order valence-electron chi connectivity index (χ2n) is 3.54. The van der Waals surface area contributed by atoms with Crippen molar-refractivity contribution in [1.82, 2.24) is 5.06 Å². The van der Waals surface area contributed by atoms with Crippen molar-refractivity contribution in [3.05, 3.63) is 0 Å². The van der Waals surface area contributed by atoms with E-state index in [9.17, 15) is 9.59 Å². The third-order valence-corrected chi connectivity index (χ3v) is 2.29. The van der Waals surface area contributed by atoms with Crippen LogP contribution in [0.2, 0.25) is 0 Å². The fourth-order valence-electron chi connectivity index (χ4n) is 1.39. The molecule has 1 aliphatic heterocycles. The van der Waals surface area contributed by atoms with E-state index in [1.54, 1.807) is 0 Å². The van der Waals surface area contributed by atoms with E-state index in [0.717, 1.165) is 5.06 Å². The van der Waals surface area contributed by atoms with Crippen molar-refractivity contribution in [2.75, 3.05) is 6.61 Å². The molecule has 0 saturated carbocycles. The lowest BCUT2D eigenvalue weighted by atomic mass is 10.1. The van der Waals surface area contributed by atoms with Gasteiger partial charge in [-0.2, -0.15) is 5.26 Å². The molecule has 1 unspecified atom stereocenters. The number of primary amides is 1. The Morgan fingerprint density at radius 2 is 2.31 bits per heavy atom. The number of hydrogen-bond acceptors (Lipinski definition) is 5. The zero-order valence-electron chi connectivity index (χ0n) is 8.76. The van der Waals surface area contributed by atoms with E-state index >= 15 is 0 Å². The molecule has 7 nitrogen and oxygen atoms in total. The number of nitrogens with two attached hydrogens (primary N) is 2. The molecule has 0 aromatic carbocycles. The minimum Gasteiger partial charge on any atom is -0.370 e. The Morgan fingerprint density at radius 3 is 2.88 bits per heavy atom. The topological polar surface area (TPSA) is 122 Å². The fourth-order valence-corrected chi connectivity index (χ4v) is 1.39. The Morgan fingerprint density at radius 1 is 1.62 bits per heavy atom. The third kappa shape index (κ3) is 2.92. The average Bonchev–Trinajstić information content (AvgIpc) is 2.72. The molecule has 2 amide bonds. The standard InChI is InChI=1S/C9H14N4O3/c10-5-6-3-4-16-13(6)9(15)7(11)1-2-8(12)14/h6-7H,1-4,11H2,(H2,12,14)/t6?,7-/m0/s1. The van der Waals surface area contributed by atoms with Gasteiger partial charge < -0.3 is 11.5 Å². The monoisotopic (exact) mass is 226 g/mol. The lowest BCUT2D eigenvalue weighted by molar-refractivity contribution is -0.174. The summed E-state index contributed by atoms with van der Waals surface area (Å²) in [5.41, 5.74) is 10.5. The van der Waals surface area contributed by atoms with Crippen molar-refractivity contribution < 1.29 is 14.4 Å². The minimum absolute atomic E-state index is 0.0396. The van der Waals surface area contributed by atoms with Crippen molar-refractivity contribution >= 4 is 11.8 Å². The van der Waals surface area contributed by atoms with E-state index in [0.29, 0.717) is 13.0 Å². The molecule has 16 heavy (non-hydrogen) atoms. The van der Waals surface area contributed by atoms with E-state index in [2.05, 4.69) is 0 Å². The maximum Gasteiger partial charge on any atom is 0.264 e. The molecule has 0 aromatic rings. The van der Waals surface area contributed by atoms with Crippen molar-refractivity contribution in [1.29, 1.82) is 5.26 Å². The van der Waals surface area contributed by atoms with Crippen LogP contribution in [-0.2, 0) is 14.4 Å². The van der Waals surface area contributed by atoms with Gasteiger partial charge in [-0.15, -0.1) is 0 Å². The molecule has 0 aromatic heterocycles. The van der Waals surface area contributed by atoms with Crippen LogP contribution in [0.3, 0.4) is 0 Å². The molecule has 7 heteroatoms. The first-order valence-corrected chi connectivity index (χ1v) is 4.95. The number of nitriles is 1. The number of hydrogen-bond donors (Lipinski definition) is 2. The van der Waals surface area contributed by atoms with E-state index in [-0.39, 0.29) is 12.8 Å². The van der Waals surface area contributed by atoms with Crippen LogP contribution in [0.5, 0.6) is 0 Å². The largest absolute Gasteiger partial charge is 0.370 e. The van der Waals surface area contributed by atoms with Gasteiger partial charge in [-0.3, -0.25) is 14.4 Å². The summed E-state index contributed by atoms with van der Waals surface area (Å²) in [6.45, 7) is 0.326. The highest BCUT2D eigenvalue weighted by molar-refractivity contribution is 5.82. The Balaban J connectivity index is 2.50. The summed E-state index contributed by atoms with van der Waals surface area (Å²) < 4.78 is 0. The first-order chi connectivity index (χ1) is 7.56. The smallest absolute Gasteiger partial charge is 0.264 e. The molecule has 1 aliphatic rings. The molecule has 1 rings (SSSR count). The molecule has 4 N–H and O–H groups in total. The van der Waals surface area contributed by atoms with Crippen molar-refractivity contribution in [3.8, 4) is 6.07 Å². The summed E-state index contributed by atoms with van der Waals surface area (Å²) in [5.74, 6) is -0.993. The van der Waals surface area contributed by atoms with Crippen molar-refractivity contribution in [2.24, 2.45) is 11.5 Å². The van der Waals surface area contributed by atoms with Gasteiger partial charge in [0, 0.05) is 12.8 Å². The van der Waals surface area contributed by atoms with Gasteiger partial charge in [0.1, 0.15) is 6.04 Å². The molecule has 2 atom stereocenters. The van der Waals surface area contributed by atoms with Crippen molar-refractivity contribution in [2.45, 2.75) is 31.3 Å². The van der Waals surface area contributed by atoms with Crippen molar-refractivity contribution in [3.63, 3.8) is 0 Å². The molecular formula is C9H14N4O3. The summed E-state index contributed by atoms with van der Waals surface area (Å²) in [7, 11) is 0. The normalized spacial score (nSPS) is 21.5. The van der Waals surface area contributed by atoms with E-state index in [1.165, 1.54) is 0 Å². The van der Waals surface area contributed by atoms with Gasteiger partial charge in [0.2, 0.25) is 5.91 Å². The molecular weight excluding hydrogens is 212 g/mol. The molecule has 1 heterocycles. The van der Waals surface area contributed by atoms with E-state index < -0.39 is 23.9 Å².